The summed E-state index contributed by atoms with van der Waals surface area (Å²) in [5.41, 5.74) is 4.93. The first-order valence-electron chi connectivity index (χ1n) is 9.02. The molecule has 1 rings (SSSR count). The summed E-state index contributed by atoms with van der Waals surface area (Å²) in [5, 5.41) is 5.66. The molecule has 0 aromatic heterocycles. The number of allylic oxidation sites excluding steroid dienone is 5. The van der Waals surface area contributed by atoms with Gasteiger partial charge in [-0.15, -0.1) is 0 Å². The van der Waals surface area contributed by atoms with E-state index in [1.54, 1.807) is 0 Å². The number of benzene rings is 1. The van der Waals surface area contributed by atoms with Crippen LogP contribution in [0.4, 0.5) is 10.5 Å². The van der Waals surface area contributed by atoms with Gasteiger partial charge in [0.15, 0.2) is 0 Å². The molecular weight excluding hydrogens is 308 g/mol. The average Bonchev–Trinajstić information content (AvgIpc) is 2.55. The highest BCUT2D eigenvalue weighted by molar-refractivity contribution is 5.89. The van der Waals surface area contributed by atoms with Crippen LogP contribution in [-0.4, -0.2) is 12.6 Å². The lowest BCUT2D eigenvalue weighted by atomic mass is 10.1. The average molecular weight is 341 g/mol. The van der Waals surface area contributed by atoms with Gasteiger partial charge in [0.2, 0.25) is 0 Å². The normalized spacial score (nSPS) is 11.8. The van der Waals surface area contributed by atoms with Crippen LogP contribution in [-0.2, 0) is 0 Å². The summed E-state index contributed by atoms with van der Waals surface area (Å²) in [6.07, 6.45) is 11.0. The first-order chi connectivity index (χ1) is 12.0. The number of hydrogen-bond acceptors (Lipinski definition) is 1. The van der Waals surface area contributed by atoms with Crippen molar-refractivity contribution in [2.24, 2.45) is 0 Å². The van der Waals surface area contributed by atoms with E-state index in [-0.39, 0.29) is 6.03 Å². The molecule has 25 heavy (non-hydrogen) atoms. The van der Waals surface area contributed by atoms with E-state index in [0.29, 0.717) is 6.54 Å². The molecule has 3 heteroatoms. The second kappa shape index (κ2) is 12.1. The van der Waals surface area contributed by atoms with Gasteiger partial charge in [-0.05, 0) is 65.5 Å². The number of anilines is 1. The van der Waals surface area contributed by atoms with Crippen molar-refractivity contribution in [3.8, 4) is 0 Å². The van der Waals surface area contributed by atoms with Crippen molar-refractivity contribution < 1.29 is 4.79 Å². The number of amides is 2. The Balaban J connectivity index is 2.22. The quantitative estimate of drug-likeness (QED) is 0.514. The second-order valence-electron chi connectivity index (χ2n) is 6.66. The molecule has 0 saturated carbocycles. The van der Waals surface area contributed by atoms with E-state index in [0.717, 1.165) is 31.4 Å². The van der Waals surface area contributed by atoms with E-state index in [9.17, 15) is 4.79 Å². The summed E-state index contributed by atoms with van der Waals surface area (Å²) in [6, 6.07) is 9.28. The lowest BCUT2D eigenvalue weighted by Crippen LogP contribution is -2.28. The molecule has 0 aliphatic carbocycles. The third-order valence-electron chi connectivity index (χ3n) is 3.87. The molecule has 1 aromatic rings. The highest BCUT2D eigenvalue weighted by atomic mass is 16.2. The van der Waals surface area contributed by atoms with Gasteiger partial charge < -0.3 is 10.6 Å². The Morgan fingerprint density at radius 1 is 0.880 bits per heavy atom. The van der Waals surface area contributed by atoms with Crippen molar-refractivity contribution in [2.45, 2.75) is 53.4 Å². The molecule has 3 nitrogen and oxygen atoms in total. The largest absolute Gasteiger partial charge is 0.334 e. The molecule has 0 bridgehead atoms. The molecule has 0 aliphatic rings. The number of urea groups is 1. The van der Waals surface area contributed by atoms with E-state index in [4.69, 9.17) is 0 Å². The molecule has 1 aromatic carbocycles. The van der Waals surface area contributed by atoms with Crippen LogP contribution in [0.2, 0.25) is 0 Å². The maximum Gasteiger partial charge on any atom is 0.319 e. The zero-order valence-electron chi connectivity index (χ0n) is 16.1. The minimum Gasteiger partial charge on any atom is -0.334 e. The first kappa shape index (κ1) is 20.8. The molecule has 0 atom stereocenters. The molecule has 2 N–H and O–H groups in total. The topological polar surface area (TPSA) is 41.1 Å². The number of hydrogen-bond donors (Lipinski definition) is 2. The van der Waals surface area contributed by atoms with Crippen molar-refractivity contribution >= 4 is 11.7 Å². The Morgan fingerprint density at radius 3 is 2.12 bits per heavy atom. The van der Waals surface area contributed by atoms with Crippen LogP contribution in [0, 0.1) is 0 Å². The number of para-hydroxylation sites is 1. The fraction of sp³-hybridized carbons (Fsp3) is 0.409. The molecule has 2 amide bonds. The van der Waals surface area contributed by atoms with Crippen molar-refractivity contribution in [1.82, 2.24) is 5.32 Å². The van der Waals surface area contributed by atoms with Gasteiger partial charge in [0.1, 0.15) is 0 Å². The first-order valence-corrected chi connectivity index (χ1v) is 9.02. The maximum absolute atomic E-state index is 11.8. The third kappa shape index (κ3) is 11.0. The van der Waals surface area contributed by atoms with Gasteiger partial charge >= 0.3 is 6.03 Å². The smallest absolute Gasteiger partial charge is 0.319 e. The summed E-state index contributed by atoms with van der Waals surface area (Å²) < 4.78 is 0. The maximum atomic E-state index is 11.8. The molecule has 136 valence electrons. The van der Waals surface area contributed by atoms with Crippen LogP contribution >= 0.6 is 0 Å². The van der Waals surface area contributed by atoms with Gasteiger partial charge in [0.05, 0.1) is 0 Å². The predicted octanol–water partition coefficient (Wildman–Crippen LogP) is 6.23. The lowest BCUT2D eigenvalue weighted by Gasteiger charge is -2.06. The van der Waals surface area contributed by atoms with E-state index in [2.05, 4.69) is 56.6 Å². The zero-order valence-corrected chi connectivity index (χ0v) is 16.1. The Labute approximate surface area is 152 Å². The monoisotopic (exact) mass is 340 g/mol. The Kier molecular flexibility index (Phi) is 10.1. The number of carbonyl (C=O) groups is 1. The zero-order chi connectivity index (χ0) is 18.5. The van der Waals surface area contributed by atoms with Crippen LogP contribution < -0.4 is 10.6 Å². The van der Waals surface area contributed by atoms with Crippen LogP contribution in [0.25, 0.3) is 0 Å². The molecule has 0 aliphatic heterocycles. The minimum atomic E-state index is -0.176. The van der Waals surface area contributed by atoms with Gasteiger partial charge in [-0.25, -0.2) is 4.79 Å². The second-order valence-corrected chi connectivity index (χ2v) is 6.66. The summed E-state index contributed by atoms with van der Waals surface area (Å²) in [5.74, 6) is 0. The highest BCUT2D eigenvalue weighted by Gasteiger charge is 1.99. The van der Waals surface area contributed by atoms with Crippen LogP contribution in [0.5, 0.6) is 0 Å². The van der Waals surface area contributed by atoms with Gasteiger partial charge in [-0.2, -0.15) is 0 Å². The lowest BCUT2D eigenvalue weighted by molar-refractivity contribution is 0.253. The van der Waals surface area contributed by atoms with Gasteiger partial charge in [0, 0.05) is 12.2 Å². The summed E-state index contributed by atoms with van der Waals surface area (Å²) in [7, 11) is 0. The Bertz CT molecular complexity index is 608. The predicted molar refractivity (Wildman–Crippen MR) is 109 cm³/mol. The third-order valence-corrected chi connectivity index (χ3v) is 3.87. The van der Waals surface area contributed by atoms with Crippen LogP contribution in [0.15, 0.2) is 65.3 Å². The molecule has 0 saturated heterocycles. The molecule has 0 heterocycles. The minimum absolute atomic E-state index is 0.176. The highest BCUT2D eigenvalue weighted by Crippen LogP contribution is 2.11. The fourth-order valence-corrected chi connectivity index (χ4v) is 2.35. The summed E-state index contributed by atoms with van der Waals surface area (Å²) in [6.45, 7) is 9.15. The van der Waals surface area contributed by atoms with Crippen molar-refractivity contribution in [2.75, 3.05) is 11.9 Å². The van der Waals surface area contributed by atoms with Gasteiger partial charge in [-0.3, -0.25) is 0 Å². The van der Waals surface area contributed by atoms with E-state index in [1.807, 2.05) is 30.3 Å². The van der Waals surface area contributed by atoms with E-state index < -0.39 is 0 Å². The van der Waals surface area contributed by atoms with Crippen LogP contribution in [0.3, 0.4) is 0 Å². The molecule has 0 unspecified atom stereocenters. The van der Waals surface area contributed by atoms with Crippen molar-refractivity contribution in [3.05, 3.63) is 65.3 Å². The standard InChI is InChI=1S/C22H32N2O/c1-18(2)10-8-11-19(3)12-9-13-20(4)16-17-23-22(25)24-21-14-6-5-7-15-21/h5-7,10,12,14-16H,8-9,11,13,17H2,1-4H3,(H2,23,24,25)/b19-12+,20-16+. The number of nitrogens with one attached hydrogen (secondary N) is 2. The Hall–Kier alpha value is -2.29. The summed E-state index contributed by atoms with van der Waals surface area (Å²) >= 11 is 0. The molecule has 0 spiro atoms. The molecule has 0 fully saturated rings. The van der Waals surface area contributed by atoms with Crippen molar-refractivity contribution in [1.29, 1.82) is 0 Å². The molecular formula is C22H32N2O. The van der Waals surface area contributed by atoms with Gasteiger partial charge in [-0.1, -0.05) is 53.1 Å². The van der Waals surface area contributed by atoms with E-state index >= 15 is 0 Å². The van der Waals surface area contributed by atoms with Crippen LogP contribution in [0.1, 0.15) is 53.4 Å². The van der Waals surface area contributed by atoms with E-state index in [1.165, 1.54) is 16.7 Å². The summed E-state index contributed by atoms with van der Waals surface area (Å²) in [4.78, 5) is 11.8. The number of rotatable bonds is 9. The number of carbonyl (C=O) groups excluding carboxylic acids is 1. The van der Waals surface area contributed by atoms with Crippen molar-refractivity contribution in [3.63, 3.8) is 0 Å². The SMILES string of the molecule is CC(C)=CCC/C(C)=C/CC/C(C)=C/CNC(=O)Nc1ccccc1. The van der Waals surface area contributed by atoms with Gasteiger partial charge in [0.25, 0.3) is 0 Å². The molecule has 0 radical (unpaired) electrons. The fourth-order valence-electron chi connectivity index (χ4n) is 2.35. The Morgan fingerprint density at radius 2 is 1.48 bits per heavy atom.